The van der Waals surface area contributed by atoms with Gasteiger partial charge in [0.25, 0.3) is 0 Å². The molecule has 3 aliphatic rings. The molecule has 3 rings (SSSR count). The number of fused-ring (bicyclic) bond motifs is 1. The van der Waals surface area contributed by atoms with E-state index in [9.17, 15) is 9.18 Å². The van der Waals surface area contributed by atoms with Gasteiger partial charge < -0.3 is 9.80 Å². The number of likely N-dealkylation sites (tertiary alicyclic amines) is 2. The first kappa shape index (κ1) is 12.9. The van der Waals surface area contributed by atoms with E-state index in [0.29, 0.717) is 19.0 Å². The Morgan fingerprint density at radius 1 is 1.32 bits per heavy atom. The van der Waals surface area contributed by atoms with Crippen LogP contribution in [0.5, 0.6) is 0 Å². The predicted molar refractivity (Wildman–Crippen MR) is 72.6 cm³/mol. The van der Waals surface area contributed by atoms with Gasteiger partial charge in [-0.2, -0.15) is 0 Å². The minimum Gasteiger partial charge on any atom is -0.324 e. The fraction of sp³-hybridized carbons (Fsp3) is 0.800. The lowest BCUT2D eigenvalue weighted by Crippen LogP contribution is -2.43. The summed E-state index contributed by atoms with van der Waals surface area (Å²) in [5.74, 6) is 0.735. The third-order valence-electron chi connectivity index (χ3n) is 5.17. The molecule has 3 unspecified atom stereocenters. The minimum atomic E-state index is -1.12. The van der Waals surface area contributed by atoms with Crippen molar-refractivity contribution in [3.63, 3.8) is 0 Å². The molecule has 3 fully saturated rings. The summed E-state index contributed by atoms with van der Waals surface area (Å²) in [4.78, 5) is 16.2. The van der Waals surface area contributed by atoms with E-state index in [-0.39, 0.29) is 17.9 Å². The first-order valence-electron chi connectivity index (χ1n) is 7.46. The molecular weight excluding hydrogens is 243 g/mol. The van der Waals surface area contributed by atoms with Gasteiger partial charge in [-0.25, -0.2) is 9.18 Å². The largest absolute Gasteiger partial charge is 0.324 e. The van der Waals surface area contributed by atoms with E-state index in [2.05, 4.69) is 6.92 Å². The van der Waals surface area contributed by atoms with Crippen molar-refractivity contribution >= 4 is 6.03 Å². The molecule has 0 radical (unpaired) electrons. The number of halogens is 1. The monoisotopic (exact) mass is 266 g/mol. The fourth-order valence-electron chi connectivity index (χ4n) is 3.81. The molecule has 2 amide bonds. The molecule has 0 aromatic heterocycles. The summed E-state index contributed by atoms with van der Waals surface area (Å²) in [5, 5.41) is 0. The second-order valence-corrected chi connectivity index (χ2v) is 6.24. The zero-order chi connectivity index (χ0) is 13.6. The average molecular weight is 266 g/mol. The van der Waals surface area contributed by atoms with Crippen molar-refractivity contribution in [2.24, 2.45) is 17.8 Å². The Bertz CT molecular complexity index is 397. The molecule has 1 saturated carbocycles. The molecule has 1 aliphatic carbocycles. The van der Waals surface area contributed by atoms with Crippen LogP contribution in [0.3, 0.4) is 0 Å². The number of nitrogens with zero attached hydrogens (tertiary/aromatic N) is 2. The van der Waals surface area contributed by atoms with E-state index in [1.807, 2.05) is 16.7 Å². The second-order valence-electron chi connectivity index (χ2n) is 6.24. The van der Waals surface area contributed by atoms with E-state index in [4.69, 9.17) is 0 Å². The molecule has 3 nitrogen and oxygen atoms in total. The number of urea groups is 1. The quantitative estimate of drug-likeness (QED) is 0.705. The van der Waals surface area contributed by atoms with E-state index < -0.39 is 5.67 Å². The van der Waals surface area contributed by atoms with E-state index >= 15 is 0 Å². The third kappa shape index (κ3) is 1.96. The molecule has 2 aliphatic heterocycles. The molecule has 2 heterocycles. The van der Waals surface area contributed by atoms with Crippen LogP contribution in [0.1, 0.15) is 26.7 Å². The number of hydrogen-bond acceptors (Lipinski definition) is 1. The summed E-state index contributed by atoms with van der Waals surface area (Å²) in [6.45, 7) is 6.98. The van der Waals surface area contributed by atoms with Gasteiger partial charge in [-0.15, -0.1) is 0 Å². The van der Waals surface area contributed by atoms with Crippen LogP contribution in [0.2, 0.25) is 0 Å². The number of alkyl halides is 1. The number of carbonyl (C=O) groups excluding carboxylic acids is 1. The van der Waals surface area contributed by atoms with Gasteiger partial charge in [-0.1, -0.05) is 25.5 Å². The summed E-state index contributed by atoms with van der Waals surface area (Å²) < 4.78 is 14.3. The Morgan fingerprint density at radius 2 is 2.00 bits per heavy atom. The van der Waals surface area contributed by atoms with Crippen LogP contribution in [-0.4, -0.2) is 47.7 Å². The molecule has 0 aromatic carbocycles. The van der Waals surface area contributed by atoms with Crippen LogP contribution < -0.4 is 0 Å². The highest BCUT2D eigenvalue weighted by molar-refractivity contribution is 5.75. The van der Waals surface area contributed by atoms with E-state index in [1.165, 1.54) is 0 Å². The van der Waals surface area contributed by atoms with Crippen molar-refractivity contribution in [1.82, 2.24) is 9.80 Å². The zero-order valence-electron chi connectivity index (χ0n) is 11.8. The van der Waals surface area contributed by atoms with Crippen molar-refractivity contribution in [3.8, 4) is 0 Å². The highest BCUT2D eigenvalue weighted by Crippen LogP contribution is 2.59. The molecule has 19 heavy (non-hydrogen) atoms. The first-order valence-corrected chi connectivity index (χ1v) is 7.46. The van der Waals surface area contributed by atoms with Crippen LogP contribution in [0, 0.1) is 17.8 Å². The molecule has 0 bridgehead atoms. The van der Waals surface area contributed by atoms with Crippen LogP contribution in [0.15, 0.2) is 12.2 Å². The Morgan fingerprint density at radius 3 is 2.53 bits per heavy atom. The van der Waals surface area contributed by atoms with Gasteiger partial charge in [-0.3, -0.25) is 0 Å². The smallest absolute Gasteiger partial charge is 0.320 e. The minimum absolute atomic E-state index is 0.0391. The molecule has 4 heteroatoms. The molecule has 2 saturated heterocycles. The summed E-state index contributed by atoms with van der Waals surface area (Å²) in [5.41, 5.74) is -1.12. The summed E-state index contributed by atoms with van der Waals surface area (Å²) in [6, 6.07) is 0.131. The standard InChI is InChI=1S/C15H23FN2O/c1-3-6-15(16)12-9-18(10-13(12)15)14(19)17-7-5-11(4-2)8-17/h3,6,11-13H,4-5,7-10H2,1-2H3/b6-3+. The SMILES string of the molecule is C/C=C/C1(F)C2CN(C(=O)N3CCC(CC)C3)CC21. The van der Waals surface area contributed by atoms with Gasteiger partial charge in [0.2, 0.25) is 0 Å². The number of carbonyl (C=O) groups is 1. The van der Waals surface area contributed by atoms with E-state index in [1.54, 1.807) is 12.2 Å². The van der Waals surface area contributed by atoms with Gasteiger partial charge >= 0.3 is 6.03 Å². The number of allylic oxidation sites excluding steroid dienone is 2. The second kappa shape index (κ2) is 4.50. The molecule has 0 aromatic rings. The van der Waals surface area contributed by atoms with Gasteiger partial charge in [-0.05, 0) is 19.3 Å². The van der Waals surface area contributed by atoms with Crippen LogP contribution in [0.4, 0.5) is 9.18 Å². The lowest BCUT2D eigenvalue weighted by molar-refractivity contribution is 0.155. The molecular formula is C15H23FN2O. The fourth-order valence-corrected chi connectivity index (χ4v) is 3.81. The average Bonchev–Trinajstić information content (AvgIpc) is 2.91. The normalized spacial score (nSPS) is 41.1. The maximum atomic E-state index is 14.3. The Hall–Kier alpha value is -1.06. The highest BCUT2D eigenvalue weighted by atomic mass is 19.1. The lowest BCUT2D eigenvalue weighted by Gasteiger charge is -2.27. The predicted octanol–water partition coefficient (Wildman–Crippen LogP) is 2.68. The highest BCUT2D eigenvalue weighted by Gasteiger charge is 2.69. The number of amides is 2. The van der Waals surface area contributed by atoms with Crippen molar-refractivity contribution in [3.05, 3.63) is 12.2 Å². The summed E-state index contributed by atoms with van der Waals surface area (Å²) in [7, 11) is 0. The van der Waals surface area contributed by atoms with Gasteiger partial charge in [0.1, 0.15) is 5.67 Å². The Kier molecular flexibility index (Phi) is 3.06. The lowest BCUT2D eigenvalue weighted by atomic mass is 10.1. The van der Waals surface area contributed by atoms with Crippen molar-refractivity contribution < 1.29 is 9.18 Å². The van der Waals surface area contributed by atoms with Gasteiger partial charge in [0.05, 0.1) is 0 Å². The molecule has 0 N–H and O–H groups in total. The van der Waals surface area contributed by atoms with E-state index in [0.717, 1.165) is 25.9 Å². The number of hydrogen-bond donors (Lipinski definition) is 0. The van der Waals surface area contributed by atoms with Crippen molar-refractivity contribution in [1.29, 1.82) is 0 Å². The Labute approximate surface area is 114 Å². The van der Waals surface area contributed by atoms with Crippen LogP contribution in [0.25, 0.3) is 0 Å². The van der Waals surface area contributed by atoms with Crippen molar-refractivity contribution in [2.75, 3.05) is 26.2 Å². The van der Waals surface area contributed by atoms with Crippen LogP contribution >= 0.6 is 0 Å². The van der Waals surface area contributed by atoms with Gasteiger partial charge in [0, 0.05) is 38.0 Å². The maximum absolute atomic E-state index is 14.3. The molecule has 3 atom stereocenters. The number of rotatable bonds is 2. The van der Waals surface area contributed by atoms with Gasteiger partial charge in [0.15, 0.2) is 0 Å². The maximum Gasteiger partial charge on any atom is 0.320 e. The van der Waals surface area contributed by atoms with Crippen molar-refractivity contribution in [2.45, 2.75) is 32.4 Å². The summed E-state index contributed by atoms with van der Waals surface area (Å²) in [6.07, 6.45) is 5.72. The Balaban J connectivity index is 1.55. The number of piperidine rings is 1. The zero-order valence-corrected chi connectivity index (χ0v) is 11.8. The third-order valence-corrected chi connectivity index (χ3v) is 5.17. The van der Waals surface area contributed by atoms with Crippen LogP contribution in [-0.2, 0) is 0 Å². The molecule has 106 valence electrons. The molecule has 0 spiro atoms. The first-order chi connectivity index (χ1) is 9.10. The topological polar surface area (TPSA) is 23.6 Å². The summed E-state index contributed by atoms with van der Waals surface area (Å²) >= 11 is 0.